The van der Waals surface area contributed by atoms with Crippen LogP contribution in [-0.2, 0) is 11.4 Å². The first-order valence-corrected chi connectivity index (χ1v) is 9.38. The van der Waals surface area contributed by atoms with Crippen molar-refractivity contribution in [2.24, 2.45) is 0 Å². The van der Waals surface area contributed by atoms with Crippen LogP contribution in [0.25, 0.3) is 0 Å². The van der Waals surface area contributed by atoms with Gasteiger partial charge in [0.05, 0.1) is 5.75 Å². The highest BCUT2D eigenvalue weighted by atomic mass is 35.5. The maximum absolute atomic E-state index is 12.3. The van der Waals surface area contributed by atoms with Gasteiger partial charge >= 0.3 is 0 Å². The monoisotopic (exact) mass is 383 g/mol. The van der Waals surface area contributed by atoms with E-state index >= 15 is 0 Å². The van der Waals surface area contributed by atoms with Crippen LogP contribution in [0.5, 0.6) is 5.75 Å². The van der Waals surface area contributed by atoms with E-state index in [-0.39, 0.29) is 30.4 Å². The summed E-state index contributed by atoms with van der Waals surface area (Å²) >= 11 is 7.06. The van der Waals surface area contributed by atoms with Crippen molar-refractivity contribution < 1.29 is 13.9 Å². The molecule has 0 bridgehead atoms. The predicted molar refractivity (Wildman–Crippen MR) is 97.9 cm³/mol. The third-order valence-electron chi connectivity index (χ3n) is 3.34. The minimum atomic E-state index is 0.0483. The van der Waals surface area contributed by atoms with Crippen LogP contribution >= 0.6 is 23.4 Å². The molecule has 1 amide bonds. The van der Waals surface area contributed by atoms with Crippen LogP contribution in [0.1, 0.15) is 33.6 Å². The summed E-state index contributed by atoms with van der Waals surface area (Å²) in [6, 6.07) is 7.32. The van der Waals surface area contributed by atoms with Gasteiger partial charge in [-0.2, -0.15) is 0 Å². The molecule has 0 N–H and O–H groups in total. The number of ether oxygens (including phenoxy) is 1. The Morgan fingerprint density at radius 2 is 1.84 bits per heavy atom. The number of carbonyl (C=O) groups is 1. The van der Waals surface area contributed by atoms with E-state index in [1.165, 1.54) is 11.8 Å². The fraction of sp³-hybridized carbons (Fsp3) is 0.471. The number of carbonyl (C=O) groups excluding carboxylic acids is 1. The molecule has 1 aromatic heterocycles. The van der Waals surface area contributed by atoms with Crippen LogP contribution in [0.15, 0.2) is 33.9 Å². The number of aromatic nitrogens is 2. The quantitative estimate of drug-likeness (QED) is 0.641. The summed E-state index contributed by atoms with van der Waals surface area (Å²) in [6.07, 6.45) is 0. The fourth-order valence-electron chi connectivity index (χ4n) is 2.40. The molecular weight excluding hydrogens is 362 g/mol. The van der Waals surface area contributed by atoms with Crippen molar-refractivity contribution in [3.8, 4) is 5.75 Å². The smallest absolute Gasteiger partial charge is 0.277 e. The molecule has 0 fully saturated rings. The number of nitrogens with zero attached hydrogens (tertiary/aromatic N) is 3. The van der Waals surface area contributed by atoms with Gasteiger partial charge < -0.3 is 14.1 Å². The average Bonchev–Trinajstić information content (AvgIpc) is 2.99. The third kappa shape index (κ3) is 5.93. The first-order chi connectivity index (χ1) is 11.9. The zero-order valence-corrected chi connectivity index (χ0v) is 16.3. The summed E-state index contributed by atoms with van der Waals surface area (Å²) in [5.41, 5.74) is 0. The highest BCUT2D eigenvalue weighted by Gasteiger charge is 2.21. The lowest BCUT2D eigenvalue weighted by Gasteiger charge is -2.30. The number of hydrogen-bond acceptors (Lipinski definition) is 6. The normalized spacial score (nSPS) is 11.2. The van der Waals surface area contributed by atoms with Crippen LogP contribution in [0.2, 0.25) is 5.02 Å². The zero-order valence-electron chi connectivity index (χ0n) is 14.7. The van der Waals surface area contributed by atoms with Crippen LogP contribution in [-0.4, -0.2) is 38.8 Å². The molecule has 1 heterocycles. The summed E-state index contributed by atoms with van der Waals surface area (Å²) in [5.74, 6) is 1.33. The van der Waals surface area contributed by atoms with Gasteiger partial charge in [-0.1, -0.05) is 23.4 Å². The third-order valence-corrected chi connectivity index (χ3v) is 4.40. The zero-order chi connectivity index (χ0) is 18.4. The summed E-state index contributed by atoms with van der Waals surface area (Å²) in [5, 5.41) is 8.87. The maximum atomic E-state index is 12.3. The molecular formula is C17H22ClN3O3S. The number of halogens is 1. The Bertz CT molecular complexity index is 681. The van der Waals surface area contributed by atoms with Gasteiger partial charge in [0.25, 0.3) is 11.1 Å². The van der Waals surface area contributed by atoms with E-state index in [4.69, 9.17) is 20.8 Å². The molecule has 136 valence electrons. The topological polar surface area (TPSA) is 68.5 Å². The molecule has 1 aromatic carbocycles. The molecule has 0 aliphatic heterocycles. The van der Waals surface area contributed by atoms with E-state index in [1.807, 2.05) is 32.6 Å². The van der Waals surface area contributed by atoms with E-state index < -0.39 is 0 Å². The molecule has 6 nitrogen and oxygen atoms in total. The van der Waals surface area contributed by atoms with E-state index in [2.05, 4.69) is 10.2 Å². The van der Waals surface area contributed by atoms with Crippen molar-refractivity contribution in [3.63, 3.8) is 0 Å². The Balaban J connectivity index is 1.84. The molecule has 0 spiro atoms. The van der Waals surface area contributed by atoms with Gasteiger partial charge in [-0.25, -0.2) is 0 Å². The second kappa shape index (κ2) is 9.10. The minimum absolute atomic E-state index is 0.0483. The van der Waals surface area contributed by atoms with E-state index in [9.17, 15) is 4.79 Å². The van der Waals surface area contributed by atoms with Gasteiger partial charge in [0, 0.05) is 17.1 Å². The van der Waals surface area contributed by atoms with Crippen molar-refractivity contribution in [3.05, 3.63) is 35.2 Å². The highest BCUT2D eigenvalue weighted by Crippen LogP contribution is 2.20. The van der Waals surface area contributed by atoms with Gasteiger partial charge in [-0.15, -0.1) is 10.2 Å². The number of rotatable bonds is 8. The first-order valence-electron chi connectivity index (χ1n) is 8.01. The van der Waals surface area contributed by atoms with Crippen LogP contribution < -0.4 is 4.74 Å². The van der Waals surface area contributed by atoms with Crippen LogP contribution in [0, 0.1) is 0 Å². The minimum Gasteiger partial charge on any atom is -0.484 e. The molecule has 8 heteroatoms. The van der Waals surface area contributed by atoms with Gasteiger partial charge in [0.1, 0.15) is 5.75 Å². The number of thioether (sulfide) groups is 1. The second-order valence-electron chi connectivity index (χ2n) is 5.98. The van der Waals surface area contributed by atoms with E-state index in [0.29, 0.717) is 21.9 Å². The van der Waals surface area contributed by atoms with E-state index in [0.717, 1.165) is 0 Å². The summed E-state index contributed by atoms with van der Waals surface area (Å²) in [7, 11) is 0. The van der Waals surface area contributed by atoms with Gasteiger partial charge in [0.2, 0.25) is 5.91 Å². The molecule has 0 aliphatic carbocycles. The number of benzene rings is 1. The van der Waals surface area contributed by atoms with Crippen molar-refractivity contribution in [2.75, 3.05) is 5.75 Å². The largest absolute Gasteiger partial charge is 0.484 e. The summed E-state index contributed by atoms with van der Waals surface area (Å²) in [4.78, 5) is 14.2. The molecule has 25 heavy (non-hydrogen) atoms. The molecule has 0 radical (unpaired) electrons. The van der Waals surface area contributed by atoms with Gasteiger partial charge in [-0.3, -0.25) is 4.79 Å². The Morgan fingerprint density at radius 1 is 1.20 bits per heavy atom. The molecule has 0 aliphatic rings. The van der Waals surface area contributed by atoms with Gasteiger partial charge in [0.15, 0.2) is 6.61 Å². The Labute approximate surface area is 156 Å². The lowest BCUT2D eigenvalue weighted by molar-refractivity contribution is -0.131. The van der Waals surface area contributed by atoms with Crippen LogP contribution in [0.3, 0.4) is 0 Å². The number of amides is 1. The summed E-state index contributed by atoms with van der Waals surface area (Å²) < 4.78 is 11.0. The van der Waals surface area contributed by atoms with Crippen molar-refractivity contribution in [1.82, 2.24) is 15.1 Å². The standard InChI is InChI=1S/C17H22ClN3O3S/c1-11(2)21(12(3)4)16(22)10-25-17-20-19-15(24-17)9-23-14-7-5-13(18)6-8-14/h5-8,11-12H,9-10H2,1-4H3. The SMILES string of the molecule is CC(C)N(C(=O)CSc1nnc(COc2ccc(Cl)cc2)o1)C(C)C. The number of hydrogen-bond donors (Lipinski definition) is 0. The Morgan fingerprint density at radius 3 is 2.44 bits per heavy atom. The summed E-state index contributed by atoms with van der Waals surface area (Å²) in [6.45, 7) is 8.17. The Hall–Kier alpha value is -1.73. The molecule has 0 saturated heterocycles. The van der Waals surface area contributed by atoms with E-state index in [1.54, 1.807) is 24.3 Å². The van der Waals surface area contributed by atoms with Gasteiger partial charge in [-0.05, 0) is 52.0 Å². The second-order valence-corrected chi connectivity index (χ2v) is 7.34. The lowest BCUT2D eigenvalue weighted by Crippen LogP contribution is -2.43. The fourth-order valence-corrected chi connectivity index (χ4v) is 3.18. The molecule has 2 aromatic rings. The molecule has 0 atom stereocenters. The lowest BCUT2D eigenvalue weighted by atomic mass is 10.2. The molecule has 0 saturated carbocycles. The van der Waals surface area contributed by atoms with Crippen molar-refractivity contribution in [1.29, 1.82) is 0 Å². The average molecular weight is 384 g/mol. The van der Waals surface area contributed by atoms with Crippen molar-refractivity contribution in [2.45, 2.75) is 51.6 Å². The highest BCUT2D eigenvalue weighted by molar-refractivity contribution is 7.99. The maximum Gasteiger partial charge on any atom is 0.277 e. The predicted octanol–water partition coefficient (Wildman–Crippen LogP) is 4.04. The van der Waals surface area contributed by atoms with Crippen molar-refractivity contribution >= 4 is 29.3 Å². The molecule has 2 rings (SSSR count). The van der Waals surface area contributed by atoms with Crippen LogP contribution in [0.4, 0.5) is 0 Å². The Kier molecular flexibility index (Phi) is 7.13. The first kappa shape index (κ1) is 19.6. The molecule has 0 unspecified atom stereocenters.